The predicted molar refractivity (Wildman–Crippen MR) is 68.5 cm³/mol. The van der Waals surface area contributed by atoms with E-state index in [1.165, 1.54) is 0 Å². The first-order valence-corrected chi connectivity index (χ1v) is 5.91. The topological polar surface area (TPSA) is 80.0 Å². The number of unbranched alkanes of at least 4 members (excludes halogenated alkanes) is 1. The van der Waals surface area contributed by atoms with Crippen molar-refractivity contribution in [3.63, 3.8) is 0 Å². The molecule has 0 radical (unpaired) electrons. The van der Waals surface area contributed by atoms with E-state index in [1.54, 1.807) is 18.3 Å². The summed E-state index contributed by atoms with van der Waals surface area (Å²) in [6.07, 6.45) is 4.81. The van der Waals surface area contributed by atoms with E-state index in [0.29, 0.717) is 11.4 Å². The first kappa shape index (κ1) is 13.4. The number of pyridine rings is 1. The molecule has 4 N–H and O–H groups in total. The van der Waals surface area contributed by atoms with Crippen molar-refractivity contribution in [3.05, 3.63) is 23.9 Å². The van der Waals surface area contributed by atoms with Crippen molar-refractivity contribution < 1.29 is 4.79 Å². The molecule has 1 atom stereocenters. The lowest BCUT2D eigenvalue weighted by molar-refractivity contribution is 0.0938. The second kappa shape index (κ2) is 6.85. The van der Waals surface area contributed by atoms with Crippen LogP contribution in [0.2, 0.25) is 0 Å². The summed E-state index contributed by atoms with van der Waals surface area (Å²) >= 11 is 0. The van der Waals surface area contributed by atoms with Gasteiger partial charge in [0.25, 0.3) is 5.91 Å². The van der Waals surface area contributed by atoms with E-state index < -0.39 is 0 Å². The second-order valence-electron chi connectivity index (χ2n) is 4.09. The number of amides is 1. The smallest absolute Gasteiger partial charge is 0.251 e. The number of carbonyl (C=O) groups is 1. The van der Waals surface area contributed by atoms with Gasteiger partial charge in [-0.15, -0.1) is 0 Å². The third-order valence-electron chi connectivity index (χ3n) is 2.54. The van der Waals surface area contributed by atoms with E-state index in [9.17, 15) is 4.79 Å². The molecule has 0 saturated heterocycles. The van der Waals surface area contributed by atoms with Crippen LogP contribution in [-0.4, -0.2) is 16.9 Å². The van der Waals surface area contributed by atoms with Gasteiger partial charge in [0, 0.05) is 17.8 Å². The van der Waals surface area contributed by atoms with Crippen LogP contribution in [0.4, 0.5) is 5.82 Å². The molecular formula is C12H20N4O. The number of nitrogens with one attached hydrogen (secondary N) is 2. The zero-order valence-electron chi connectivity index (χ0n) is 10.4. The summed E-state index contributed by atoms with van der Waals surface area (Å²) in [6.45, 7) is 4.15. The van der Waals surface area contributed by atoms with Crippen molar-refractivity contribution in [2.75, 3.05) is 5.43 Å². The minimum atomic E-state index is -0.0903. The van der Waals surface area contributed by atoms with Crippen LogP contribution in [0.3, 0.4) is 0 Å². The Morgan fingerprint density at radius 1 is 1.59 bits per heavy atom. The summed E-state index contributed by atoms with van der Waals surface area (Å²) < 4.78 is 0. The first-order valence-electron chi connectivity index (χ1n) is 5.91. The van der Waals surface area contributed by atoms with E-state index in [-0.39, 0.29) is 11.9 Å². The van der Waals surface area contributed by atoms with Gasteiger partial charge in [-0.25, -0.2) is 10.8 Å². The molecule has 1 rings (SSSR count). The third kappa shape index (κ3) is 4.40. The fourth-order valence-corrected chi connectivity index (χ4v) is 1.54. The molecule has 0 fully saturated rings. The van der Waals surface area contributed by atoms with Crippen molar-refractivity contribution in [1.82, 2.24) is 10.3 Å². The SMILES string of the molecule is CCCCC(C)NC(=O)c1ccnc(NN)c1. The molecule has 0 bridgehead atoms. The molecule has 0 aromatic carbocycles. The van der Waals surface area contributed by atoms with Crippen LogP contribution in [0.25, 0.3) is 0 Å². The van der Waals surface area contributed by atoms with Crippen LogP contribution in [0.15, 0.2) is 18.3 Å². The average molecular weight is 236 g/mol. The highest BCUT2D eigenvalue weighted by atomic mass is 16.1. The summed E-state index contributed by atoms with van der Waals surface area (Å²) in [4.78, 5) is 15.8. The van der Waals surface area contributed by atoms with Gasteiger partial charge in [-0.1, -0.05) is 19.8 Å². The van der Waals surface area contributed by atoms with Crippen LogP contribution in [0, 0.1) is 0 Å². The molecule has 5 nitrogen and oxygen atoms in total. The van der Waals surface area contributed by atoms with Gasteiger partial charge in [0.15, 0.2) is 0 Å². The quantitative estimate of drug-likeness (QED) is 0.518. The summed E-state index contributed by atoms with van der Waals surface area (Å²) in [5.74, 6) is 5.64. The predicted octanol–water partition coefficient (Wildman–Crippen LogP) is 1.68. The van der Waals surface area contributed by atoms with Crippen LogP contribution in [-0.2, 0) is 0 Å². The Labute approximate surface area is 102 Å². The minimum absolute atomic E-state index is 0.0903. The van der Waals surface area contributed by atoms with E-state index in [1.807, 2.05) is 6.92 Å². The molecule has 17 heavy (non-hydrogen) atoms. The van der Waals surface area contributed by atoms with Crippen LogP contribution in [0.5, 0.6) is 0 Å². The lowest BCUT2D eigenvalue weighted by Crippen LogP contribution is -2.32. The average Bonchev–Trinajstić information content (AvgIpc) is 2.36. The van der Waals surface area contributed by atoms with Gasteiger partial charge in [-0.05, 0) is 25.5 Å². The molecule has 5 heteroatoms. The van der Waals surface area contributed by atoms with Gasteiger partial charge in [0.1, 0.15) is 5.82 Å². The molecule has 94 valence electrons. The van der Waals surface area contributed by atoms with Crippen LogP contribution in [0.1, 0.15) is 43.5 Å². The monoisotopic (exact) mass is 236 g/mol. The Balaban J connectivity index is 2.56. The molecular weight excluding hydrogens is 216 g/mol. The van der Waals surface area contributed by atoms with Gasteiger partial charge in [0.2, 0.25) is 0 Å². The highest BCUT2D eigenvalue weighted by Gasteiger charge is 2.09. The summed E-state index contributed by atoms with van der Waals surface area (Å²) in [5.41, 5.74) is 2.98. The van der Waals surface area contributed by atoms with E-state index in [0.717, 1.165) is 19.3 Å². The lowest BCUT2D eigenvalue weighted by Gasteiger charge is -2.13. The van der Waals surface area contributed by atoms with Crippen LogP contribution < -0.4 is 16.6 Å². The van der Waals surface area contributed by atoms with Gasteiger partial charge in [-0.2, -0.15) is 0 Å². The number of nitrogens with two attached hydrogens (primary N) is 1. The van der Waals surface area contributed by atoms with Gasteiger partial charge in [0.05, 0.1) is 0 Å². The number of carbonyl (C=O) groups excluding carboxylic acids is 1. The molecule has 1 unspecified atom stereocenters. The molecule has 1 aromatic rings. The number of aromatic nitrogens is 1. The van der Waals surface area contributed by atoms with Crippen molar-refractivity contribution >= 4 is 11.7 Å². The highest BCUT2D eigenvalue weighted by Crippen LogP contribution is 2.06. The molecule has 0 aliphatic carbocycles. The molecule has 0 aliphatic rings. The number of rotatable bonds is 6. The highest BCUT2D eigenvalue weighted by molar-refractivity contribution is 5.94. The fourth-order valence-electron chi connectivity index (χ4n) is 1.54. The van der Waals surface area contributed by atoms with Crippen LogP contribution >= 0.6 is 0 Å². The maximum atomic E-state index is 11.9. The zero-order valence-corrected chi connectivity index (χ0v) is 10.4. The molecule has 0 spiro atoms. The minimum Gasteiger partial charge on any atom is -0.350 e. The number of anilines is 1. The first-order chi connectivity index (χ1) is 8.17. The number of hydrazine groups is 1. The Morgan fingerprint density at radius 3 is 3.00 bits per heavy atom. The van der Waals surface area contributed by atoms with Crippen molar-refractivity contribution in [2.24, 2.45) is 5.84 Å². The van der Waals surface area contributed by atoms with Gasteiger partial charge < -0.3 is 10.7 Å². The normalized spacial score (nSPS) is 11.9. The lowest BCUT2D eigenvalue weighted by atomic mass is 10.1. The molecule has 0 saturated carbocycles. The maximum absolute atomic E-state index is 11.9. The van der Waals surface area contributed by atoms with Gasteiger partial charge in [-0.3, -0.25) is 4.79 Å². The van der Waals surface area contributed by atoms with Crippen molar-refractivity contribution in [1.29, 1.82) is 0 Å². The van der Waals surface area contributed by atoms with E-state index in [2.05, 4.69) is 22.7 Å². The zero-order chi connectivity index (χ0) is 12.7. The van der Waals surface area contributed by atoms with Crippen molar-refractivity contribution in [2.45, 2.75) is 39.2 Å². The third-order valence-corrected chi connectivity index (χ3v) is 2.54. The van der Waals surface area contributed by atoms with E-state index >= 15 is 0 Å². The molecule has 0 aliphatic heterocycles. The standard InChI is InChI=1S/C12H20N4O/c1-3-4-5-9(2)15-12(17)10-6-7-14-11(8-10)16-13/h6-9H,3-5,13H2,1-2H3,(H,14,16)(H,15,17). The maximum Gasteiger partial charge on any atom is 0.251 e. The number of hydrogen-bond acceptors (Lipinski definition) is 4. The van der Waals surface area contributed by atoms with Gasteiger partial charge >= 0.3 is 0 Å². The molecule has 1 aromatic heterocycles. The Kier molecular flexibility index (Phi) is 5.42. The second-order valence-corrected chi connectivity index (χ2v) is 4.09. The Morgan fingerprint density at radius 2 is 2.35 bits per heavy atom. The fraction of sp³-hybridized carbons (Fsp3) is 0.500. The Hall–Kier alpha value is -1.62. The molecule has 1 heterocycles. The summed E-state index contributed by atoms with van der Waals surface area (Å²) in [7, 11) is 0. The summed E-state index contributed by atoms with van der Waals surface area (Å²) in [5, 5.41) is 2.95. The number of hydrogen-bond donors (Lipinski definition) is 3. The van der Waals surface area contributed by atoms with E-state index in [4.69, 9.17) is 5.84 Å². The Bertz CT molecular complexity index is 367. The summed E-state index contributed by atoms with van der Waals surface area (Å²) in [6, 6.07) is 3.48. The van der Waals surface area contributed by atoms with Crippen molar-refractivity contribution in [3.8, 4) is 0 Å². The molecule has 1 amide bonds. The number of nitrogen functional groups attached to an aromatic ring is 1. The largest absolute Gasteiger partial charge is 0.350 e. The number of nitrogens with zero attached hydrogens (tertiary/aromatic N) is 1.